The van der Waals surface area contributed by atoms with Gasteiger partial charge in [-0.05, 0) is 17.8 Å². The molecule has 1 aliphatic heterocycles. The van der Waals surface area contributed by atoms with Crippen LogP contribution in [0.1, 0.15) is 41.0 Å². The molecule has 1 fully saturated rings. The minimum Gasteiger partial charge on any atom is -0.311 e. The second-order valence-corrected chi connectivity index (χ2v) is 6.96. The monoisotopic (exact) mass is 262 g/mol. The van der Waals surface area contributed by atoms with Crippen LogP contribution < -0.4 is 5.32 Å². The predicted molar refractivity (Wildman–Crippen MR) is 72.1 cm³/mol. The summed E-state index contributed by atoms with van der Waals surface area (Å²) in [7, 11) is 0. The van der Waals surface area contributed by atoms with E-state index in [2.05, 4.69) is 39.9 Å². The Labute approximate surface area is 110 Å². The van der Waals surface area contributed by atoms with Gasteiger partial charge in [0.15, 0.2) is 0 Å². The van der Waals surface area contributed by atoms with E-state index in [0.717, 1.165) is 19.5 Å². The van der Waals surface area contributed by atoms with Crippen LogP contribution in [0.15, 0.2) is 0 Å². The average Bonchev–Trinajstić information content (AvgIpc) is 2.17. The molecule has 0 amide bonds. The van der Waals surface area contributed by atoms with Crippen LogP contribution in [-0.2, 0) is 0 Å². The number of alkyl halides is 2. The molecule has 1 aliphatic rings. The van der Waals surface area contributed by atoms with Crippen LogP contribution in [0.3, 0.4) is 0 Å². The molecule has 0 aromatic rings. The van der Waals surface area contributed by atoms with E-state index in [1.807, 2.05) is 4.90 Å². The minimum absolute atomic E-state index is 0.0916. The third kappa shape index (κ3) is 4.81. The lowest BCUT2D eigenvalue weighted by molar-refractivity contribution is 0.0200. The van der Waals surface area contributed by atoms with Crippen molar-refractivity contribution < 1.29 is 8.78 Å². The molecule has 1 rings (SSSR count). The van der Waals surface area contributed by atoms with Crippen molar-refractivity contribution >= 4 is 0 Å². The molecule has 0 aliphatic carbocycles. The van der Waals surface area contributed by atoms with Gasteiger partial charge in [0.25, 0.3) is 6.43 Å². The fourth-order valence-electron chi connectivity index (χ4n) is 2.61. The molecule has 1 N–H and O–H groups in total. The van der Waals surface area contributed by atoms with Crippen molar-refractivity contribution in [3.05, 3.63) is 0 Å². The van der Waals surface area contributed by atoms with E-state index in [0.29, 0.717) is 12.0 Å². The largest absolute Gasteiger partial charge is 0.311 e. The number of nitrogens with one attached hydrogen (secondary N) is 1. The summed E-state index contributed by atoms with van der Waals surface area (Å²) in [4.78, 5) is 1.98. The number of piperazine rings is 1. The van der Waals surface area contributed by atoms with Crippen molar-refractivity contribution in [2.24, 2.45) is 11.3 Å². The zero-order valence-corrected chi connectivity index (χ0v) is 12.3. The van der Waals surface area contributed by atoms with Crippen molar-refractivity contribution in [2.45, 2.75) is 59.5 Å². The summed E-state index contributed by atoms with van der Waals surface area (Å²) in [5.41, 5.74) is 0.114. The molecule has 4 heteroatoms. The Bertz CT molecular complexity index is 249. The molecule has 0 aromatic heterocycles. The minimum atomic E-state index is -2.24. The molecule has 0 spiro atoms. The van der Waals surface area contributed by atoms with Crippen LogP contribution in [0.5, 0.6) is 0 Å². The molecule has 1 heterocycles. The molecule has 2 unspecified atom stereocenters. The zero-order chi connectivity index (χ0) is 13.9. The van der Waals surface area contributed by atoms with Gasteiger partial charge in [-0.25, -0.2) is 8.78 Å². The molecule has 2 atom stereocenters. The highest BCUT2D eigenvalue weighted by Gasteiger charge is 2.35. The fourth-order valence-corrected chi connectivity index (χ4v) is 2.61. The number of hydrogen-bond acceptors (Lipinski definition) is 2. The van der Waals surface area contributed by atoms with Gasteiger partial charge in [-0.3, -0.25) is 4.90 Å². The van der Waals surface area contributed by atoms with Crippen LogP contribution in [-0.4, -0.2) is 43.0 Å². The van der Waals surface area contributed by atoms with E-state index in [4.69, 9.17) is 0 Å². The van der Waals surface area contributed by atoms with Crippen molar-refractivity contribution in [3.63, 3.8) is 0 Å². The van der Waals surface area contributed by atoms with E-state index in [9.17, 15) is 8.78 Å². The molecular formula is C14H28F2N2. The van der Waals surface area contributed by atoms with Crippen LogP contribution >= 0.6 is 0 Å². The van der Waals surface area contributed by atoms with Crippen LogP contribution in [0.4, 0.5) is 8.78 Å². The second kappa shape index (κ2) is 6.29. The Morgan fingerprint density at radius 1 is 1.28 bits per heavy atom. The van der Waals surface area contributed by atoms with Gasteiger partial charge in [-0.2, -0.15) is 0 Å². The quantitative estimate of drug-likeness (QED) is 0.838. The molecular weight excluding hydrogens is 234 g/mol. The Kier molecular flexibility index (Phi) is 5.53. The molecule has 108 valence electrons. The van der Waals surface area contributed by atoms with E-state index in [-0.39, 0.29) is 18.0 Å². The topological polar surface area (TPSA) is 15.3 Å². The van der Waals surface area contributed by atoms with Gasteiger partial charge in [0.1, 0.15) is 0 Å². The van der Waals surface area contributed by atoms with Crippen molar-refractivity contribution in [1.82, 2.24) is 10.2 Å². The van der Waals surface area contributed by atoms with Gasteiger partial charge < -0.3 is 5.32 Å². The first kappa shape index (κ1) is 15.8. The molecule has 0 aromatic carbocycles. The summed E-state index contributed by atoms with van der Waals surface area (Å²) >= 11 is 0. The van der Waals surface area contributed by atoms with Crippen LogP contribution in [0.2, 0.25) is 0 Å². The maximum absolute atomic E-state index is 12.7. The van der Waals surface area contributed by atoms with Crippen molar-refractivity contribution in [2.75, 3.05) is 19.6 Å². The molecule has 0 radical (unpaired) electrons. The average molecular weight is 262 g/mol. The van der Waals surface area contributed by atoms with Gasteiger partial charge in [-0.15, -0.1) is 0 Å². The first-order valence-electron chi connectivity index (χ1n) is 6.95. The Morgan fingerprint density at radius 2 is 1.89 bits per heavy atom. The SMILES string of the molecule is CC(C)CC1CNC(C(C)(C)C)CN1CC(F)F. The van der Waals surface area contributed by atoms with Gasteiger partial charge in [0.2, 0.25) is 0 Å². The van der Waals surface area contributed by atoms with Crippen LogP contribution in [0.25, 0.3) is 0 Å². The molecule has 18 heavy (non-hydrogen) atoms. The fraction of sp³-hybridized carbons (Fsp3) is 1.00. The molecule has 1 saturated heterocycles. The highest BCUT2D eigenvalue weighted by atomic mass is 19.3. The summed E-state index contributed by atoms with van der Waals surface area (Å²) in [6, 6.07) is 0.539. The summed E-state index contributed by atoms with van der Waals surface area (Å²) in [6.45, 7) is 12.2. The lowest BCUT2D eigenvalue weighted by Gasteiger charge is -2.45. The number of nitrogens with zero attached hydrogens (tertiary/aromatic N) is 1. The van der Waals surface area contributed by atoms with Crippen molar-refractivity contribution in [3.8, 4) is 0 Å². The first-order chi connectivity index (χ1) is 8.20. The molecule has 0 saturated carbocycles. The zero-order valence-electron chi connectivity index (χ0n) is 12.3. The summed E-state index contributed by atoms with van der Waals surface area (Å²) in [6.07, 6.45) is -1.25. The van der Waals surface area contributed by atoms with E-state index >= 15 is 0 Å². The highest BCUT2D eigenvalue weighted by molar-refractivity contribution is 4.92. The third-order valence-electron chi connectivity index (χ3n) is 3.69. The van der Waals surface area contributed by atoms with Gasteiger partial charge >= 0.3 is 0 Å². The number of halogens is 2. The summed E-state index contributed by atoms with van der Waals surface area (Å²) in [5.74, 6) is 0.545. The maximum Gasteiger partial charge on any atom is 0.251 e. The standard InChI is InChI=1S/C14H28F2N2/c1-10(2)6-11-7-17-12(14(3,4)5)8-18(11)9-13(15)16/h10-13,17H,6-9H2,1-5H3. The summed E-state index contributed by atoms with van der Waals surface area (Å²) < 4.78 is 25.4. The van der Waals surface area contributed by atoms with Crippen LogP contribution in [0, 0.1) is 11.3 Å². The lowest BCUT2D eigenvalue weighted by Crippen LogP contribution is -2.61. The highest BCUT2D eigenvalue weighted by Crippen LogP contribution is 2.25. The summed E-state index contributed by atoms with van der Waals surface area (Å²) in [5, 5.41) is 3.53. The second-order valence-electron chi connectivity index (χ2n) is 6.96. The van der Waals surface area contributed by atoms with Gasteiger partial charge in [-0.1, -0.05) is 34.6 Å². The normalized spacial score (nSPS) is 27.2. The van der Waals surface area contributed by atoms with Crippen molar-refractivity contribution in [1.29, 1.82) is 0 Å². The van der Waals surface area contributed by atoms with E-state index in [1.165, 1.54) is 0 Å². The Morgan fingerprint density at radius 3 is 2.33 bits per heavy atom. The lowest BCUT2D eigenvalue weighted by atomic mass is 9.84. The van der Waals surface area contributed by atoms with E-state index in [1.54, 1.807) is 0 Å². The Balaban J connectivity index is 2.66. The van der Waals surface area contributed by atoms with Gasteiger partial charge in [0.05, 0.1) is 6.54 Å². The smallest absolute Gasteiger partial charge is 0.251 e. The Hall–Kier alpha value is -0.220. The maximum atomic E-state index is 12.7. The first-order valence-corrected chi connectivity index (χ1v) is 6.95. The number of hydrogen-bond donors (Lipinski definition) is 1. The third-order valence-corrected chi connectivity index (χ3v) is 3.69. The predicted octanol–water partition coefficient (Wildman–Crippen LogP) is 2.99. The molecule has 0 bridgehead atoms. The molecule has 2 nitrogen and oxygen atoms in total. The number of rotatable bonds is 4. The van der Waals surface area contributed by atoms with E-state index < -0.39 is 6.43 Å². The van der Waals surface area contributed by atoms with Gasteiger partial charge in [0, 0.05) is 25.2 Å².